The summed E-state index contributed by atoms with van der Waals surface area (Å²) in [4.78, 5) is 0. The number of rotatable bonds is 2. The number of aliphatic hydroxyl groups excluding tert-OH is 1. The van der Waals surface area contributed by atoms with Crippen LogP contribution >= 0.6 is 0 Å². The third-order valence-electron chi connectivity index (χ3n) is 3.12. The second kappa shape index (κ2) is 1.74. The first-order valence-electron chi connectivity index (χ1n) is 3.99. The van der Waals surface area contributed by atoms with E-state index in [2.05, 4.69) is 6.92 Å². The molecule has 3 rings (SSSR count). The largest absolute Gasteiger partial charge is 0.393 e. The summed E-state index contributed by atoms with van der Waals surface area (Å²) >= 11 is 0. The number of hydrogen-bond donors (Lipinski definition) is 1. The molecule has 0 unspecified atom stereocenters. The van der Waals surface area contributed by atoms with Gasteiger partial charge in [0.1, 0.15) is 0 Å². The standard InChI is InChI=1S/C8H14O2/c1-2-7-3-8(4-7,5-9)10-6-7/h9H,2-6H2,1H3. The number of hydrogen-bond acceptors (Lipinski definition) is 2. The van der Waals surface area contributed by atoms with Gasteiger partial charge in [0.05, 0.1) is 18.8 Å². The van der Waals surface area contributed by atoms with Gasteiger partial charge in [0.2, 0.25) is 0 Å². The van der Waals surface area contributed by atoms with Crippen LogP contribution in [0.15, 0.2) is 0 Å². The van der Waals surface area contributed by atoms with E-state index < -0.39 is 0 Å². The molecular formula is C8H14O2. The Balaban J connectivity index is 2.06. The highest BCUT2D eigenvalue weighted by atomic mass is 16.5. The fourth-order valence-corrected chi connectivity index (χ4v) is 2.33. The maximum absolute atomic E-state index is 8.95. The van der Waals surface area contributed by atoms with Gasteiger partial charge in [-0.3, -0.25) is 0 Å². The van der Waals surface area contributed by atoms with E-state index in [0.717, 1.165) is 19.4 Å². The molecule has 0 aromatic carbocycles. The second-order valence-corrected chi connectivity index (χ2v) is 3.84. The van der Waals surface area contributed by atoms with E-state index >= 15 is 0 Å². The normalized spacial score (nSPS) is 51.0. The lowest BCUT2D eigenvalue weighted by Gasteiger charge is -2.42. The topological polar surface area (TPSA) is 29.5 Å². The minimum atomic E-state index is -0.101. The van der Waals surface area contributed by atoms with Crippen LogP contribution in [0.25, 0.3) is 0 Å². The van der Waals surface area contributed by atoms with E-state index in [1.807, 2.05) is 0 Å². The summed E-state index contributed by atoms with van der Waals surface area (Å²) in [5.74, 6) is 0. The quantitative estimate of drug-likeness (QED) is 0.621. The van der Waals surface area contributed by atoms with Crippen molar-refractivity contribution >= 4 is 0 Å². The van der Waals surface area contributed by atoms with Crippen molar-refractivity contribution in [3.05, 3.63) is 0 Å². The highest BCUT2D eigenvalue weighted by molar-refractivity contribution is 5.10. The molecule has 1 saturated carbocycles. The summed E-state index contributed by atoms with van der Waals surface area (Å²) in [5, 5.41) is 8.95. The molecule has 0 aromatic rings. The minimum Gasteiger partial charge on any atom is -0.393 e. The van der Waals surface area contributed by atoms with E-state index in [1.165, 1.54) is 6.42 Å². The third-order valence-corrected chi connectivity index (χ3v) is 3.12. The number of fused-ring (bicyclic) bond motifs is 1. The van der Waals surface area contributed by atoms with Gasteiger partial charge in [-0.2, -0.15) is 0 Å². The van der Waals surface area contributed by atoms with Gasteiger partial charge in [-0.15, -0.1) is 0 Å². The Kier molecular flexibility index (Phi) is 1.15. The fourth-order valence-electron chi connectivity index (χ4n) is 2.33. The van der Waals surface area contributed by atoms with Crippen molar-refractivity contribution in [2.45, 2.75) is 31.8 Å². The van der Waals surface area contributed by atoms with Gasteiger partial charge in [0, 0.05) is 0 Å². The Bertz CT molecular complexity index is 131. The molecule has 10 heavy (non-hydrogen) atoms. The van der Waals surface area contributed by atoms with E-state index in [9.17, 15) is 0 Å². The summed E-state index contributed by atoms with van der Waals surface area (Å²) < 4.78 is 5.51. The lowest BCUT2D eigenvalue weighted by atomic mass is 9.61. The van der Waals surface area contributed by atoms with Gasteiger partial charge >= 0.3 is 0 Å². The van der Waals surface area contributed by atoms with Crippen LogP contribution in [0.4, 0.5) is 0 Å². The SMILES string of the molecule is CCC12COC(CO)(C1)C2. The maximum atomic E-state index is 8.95. The molecule has 3 fully saturated rings. The smallest absolute Gasteiger partial charge is 0.0924 e. The predicted octanol–water partition coefficient (Wildman–Crippen LogP) is 0.938. The Morgan fingerprint density at radius 2 is 2.20 bits per heavy atom. The van der Waals surface area contributed by atoms with Crippen molar-refractivity contribution in [2.24, 2.45) is 5.41 Å². The van der Waals surface area contributed by atoms with E-state index in [-0.39, 0.29) is 12.2 Å². The molecule has 0 aromatic heterocycles. The van der Waals surface area contributed by atoms with Gasteiger partial charge in [0.15, 0.2) is 0 Å². The maximum Gasteiger partial charge on any atom is 0.0924 e. The molecule has 1 N–H and O–H groups in total. The second-order valence-electron chi connectivity index (χ2n) is 3.84. The molecule has 2 bridgehead atoms. The van der Waals surface area contributed by atoms with Crippen molar-refractivity contribution in [2.75, 3.05) is 13.2 Å². The zero-order chi connectivity index (χ0) is 7.24. The molecule has 3 aliphatic rings. The molecular weight excluding hydrogens is 128 g/mol. The lowest BCUT2D eigenvalue weighted by molar-refractivity contribution is -0.0585. The Morgan fingerprint density at radius 3 is 2.50 bits per heavy atom. The Morgan fingerprint density at radius 1 is 1.50 bits per heavy atom. The summed E-state index contributed by atoms with van der Waals surface area (Å²) in [6, 6.07) is 0. The summed E-state index contributed by atoms with van der Waals surface area (Å²) in [5.41, 5.74) is 0.360. The van der Waals surface area contributed by atoms with E-state index in [0.29, 0.717) is 5.41 Å². The van der Waals surface area contributed by atoms with Crippen LogP contribution in [-0.4, -0.2) is 23.9 Å². The zero-order valence-electron chi connectivity index (χ0n) is 6.39. The zero-order valence-corrected chi connectivity index (χ0v) is 6.39. The fraction of sp³-hybridized carbons (Fsp3) is 1.00. The van der Waals surface area contributed by atoms with Crippen LogP contribution in [0.5, 0.6) is 0 Å². The predicted molar refractivity (Wildman–Crippen MR) is 37.7 cm³/mol. The van der Waals surface area contributed by atoms with Crippen LogP contribution in [0.2, 0.25) is 0 Å². The molecule has 2 heterocycles. The summed E-state index contributed by atoms with van der Waals surface area (Å²) in [6.07, 6.45) is 3.38. The summed E-state index contributed by atoms with van der Waals surface area (Å²) in [7, 11) is 0. The number of aliphatic hydroxyl groups is 1. The van der Waals surface area contributed by atoms with Crippen LogP contribution < -0.4 is 0 Å². The van der Waals surface area contributed by atoms with E-state index in [1.54, 1.807) is 0 Å². The first-order valence-corrected chi connectivity index (χ1v) is 3.99. The molecule has 58 valence electrons. The van der Waals surface area contributed by atoms with Crippen molar-refractivity contribution in [1.82, 2.24) is 0 Å². The highest BCUT2D eigenvalue weighted by Gasteiger charge is 2.60. The third kappa shape index (κ3) is 0.611. The van der Waals surface area contributed by atoms with Gasteiger partial charge in [-0.25, -0.2) is 0 Å². The van der Waals surface area contributed by atoms with Crippen LogP contribution in [0.1, 0.15) is 26.2 Å². The number of ether oxygens (including phenoxy) is 1. The van der Waals surface area contributed by atoms with Crippen LogP contribution in [-0.2, 0) is 4.74 Å². The van der Waals surface area contributed by atoms with Gasteiger partial charge in [-0.1, -0.05) is 6.92 Å². The first kappa shape index (κ1) is 6.62. The highest BCUT2D eigenvalue weighted by Crippen LogP contribution is 2.59. The first-order chi connectivity index (χ1) is 4.74. The molecule has 0 amide bonds. The van der Waals surface area contributed by atoms with E-state index in [4.69, 9.17) is 9.84 Å². The molecule has 2 heteroatoms. The van der Waals surface area contributed by atoms with Crippen LogP contribution in [0.3, 0.4) is 0 Å². The molecule has 2 nitrogen and oxygen atoms in total. The van der Waals surface area contributed by atoms with Crippen molar-refractivity contribution in [1.29, 1.82) is 0 Å². The van der Waals surface area contributed by atoms with Crippen molar-refractivity contribution in [3.8, 4) is 0 Å². The minimum absolute atomic E-state index is 0.101. The molecule has 0 atom stereocenters. The van der Waals surface area contributed by atoms with Gasteiger partial charge in [-0.05, 0) is 24.7 Å². The average Bonchev–Trinajstić information content (AvgIpc) is 2.40. The lowest BCUT2D eigenvalue weighted by Crippen LogP contribution is -2.46. The monoisotopic (exact) mass is 142 g/mol. The van der Waals surface area contributed by atoms with Gasteiger partial charge in [0.25, 0.3) is 0 Å². The Labute approximate surface area is 61.2 Å². The van der Waals surface area contributed by atoms with Crippen molar-refractivity contribution in [3.63, 3.8) is 0 Å². The van der Waals surface area contributed by atoms with Crippen molar-refractivity contribution < 1.29 is 9.84 Å². The van der Waals surface area contributed by atoms with Gasteiger partial charge < -0.3 is 9.84 Å². The van der Waals surface area contributed by atoms with Crippen LogP contribution in [0, 0.1) is 5.41 Å². The average molecular weight is 142 g/mol. The molecule has 1 aliphatic carbocycles. The molecule has 2 aliphatic heterocycles. The molecule has 2 saturated heterocycles. The molecule has 0 spiro atoms. The Hall–Kier alpha value is -0.0800. The molecule has 0 radical (unpaired) electrons. The summed E-state index contributed by atoms with van der Waals surface area (Å²) in [6.45, 7) is 3.30.